The number of rotatable bonds is 3. The number of hydrogen-bond donors (Lipinski definition) is 0. The topological polar surface area (TPSA) is 62.6 Å². The molecular weight excluding hydrogens is 280 g/mol. The van der Waals surface area contributed by atoms with E-state index >= 15 is 0 Å². The molecule has 126 valence electrons. The Morgan fingerprint density at radius 1 is 1.36 bits per heavy atom. The first-order valence-electron chi connectivity index (χ1n) is 7.99. The standard InChI is InChI=1S/C17H30N2O3/c1-11(2)14-13(9-12(3)10-18)21-17(7,8)19(14)15(20)22-16(4,5)6/h11-14H,9H2,1-8H3/t12-,13+,14-/m0/s1. The van der Waals surface area contributed by atoms with Crippen LogP contribution < -0.4 is 0 Å². The van der Waals surface area contributed by atoms with Crippen LogP contribution in [0.25, 0.3) is 0 Å². The maximum Gasteiger partial charge on any atom is 0.412 e. The van der Waals surface area contributed by atoms with Crippen molar-refractivity contribution in [3.63, 3.8) is 0 Å². The summed E-state index contributed by atoms with van der Waals surface area (Å²) in [6, 6.07) is 2.15. The predicted molar refractivity (Wildman–Crippen MR) is 85.0 cm³/mol. The number of nitrogens with zero attached hydrogens (tertiary/aromatic N) is 2. The van der Waals surface area contributed by atoms with Crippen molar-refractivity contribution in [2.45, 2.75) is 85.3 Å². The van der Waals surface area contributed by atoms with Crippen molar-refractivity contribution in [3.05, 3.63) is 0 Å². The van der Waals surface area contributed by atoms with E-state index in [1.165, 1.54) is 0 Å². The summed E-state index contributed by atoms with van der Waals surface area (Å²) in [5, 5.41) is 9.07. The lowest BCUT2D eigenvalue weighted by Gasteiger charge is -2.36. The molecule has 1 amide bonds. The zero-order chi connectivity index (χ0) is 17.3. The molecule has 0 saturated carbocycles. The van der Waals surface area contributed by atoms with Crippen LogP contribution in [0, 0.1) is 23.2 Å². The second kappa shape index (κ2) is 6.45. The highest BCUT2D eigenvalue weighted by Gasteiger charge is 2.52. The lowest BCUT2D eigenvalue weighted by Crippen LogP contribution is -2.52. The summed E-state index contributed by atoms with van der Waals surface area (Å²) in [5.41, 5.74) is -1.29. The molecule has 1 aliphatic rings. The molecule has 1 saturated heterocycles. The van der Waals surface area contributed by atoms with Crippen LogP contribution in [0.4, 0.5) is 4.79 Å². The first-order chi connectivity index (χ1) is 9.89. The molecule has 0 aromatic heterocycles. The van der Waals surface area contributed by atoms with E-state index in [1.807, 2.05) is 41.5 Å². The van der Waals surface area contributed by atoms with Gasteiger partial charge in [0.2, 0.25) is 0 Å². The third-order valence-electron chi connectivity index (χ3n) is 3.78. The van der Waals surface area contributed by atoms with Crippen LogP contribution >= 0.6 is 0 Å². The molecule has 1 aliphatic heterocycles. The van der Waals surface area contributed by atoms with E-state index in [2.05, 4.69) is 19.9 Å². The van der Waals surface area contributed by atoms with Crippen LogP contribution in [-0.2, 0) is 9.47 Å². The Balaban J connectivity index is 3.07. The zero-order valence-electron chi connectivity index (χ0n) is 15.1. The fourth-order valence-electron chi connectivity index (χ4n) is 2.99. The van der Waals surface area contributed by atoms with Crippen LogP contribution in [0.15, 0.2) is 0 Å². The summed E-state index contributed by atoms with van der Waals surface area (Å²) in [6.07, 6.45) is 0.0997. The van der Waals surface area contributed by atoms with Crippen molar-refractivity contribution < 1.29 is 14.3 Å². The minimum absolute atomic E-state index is 0.0966. The molecule has 5 nitrogen and oxygen atoms in total. The third kappa shape index (κ3) is 4.36. The molecule has 0 radical (unpaired) electrons. The van der Waals surface area contributed by atoms with Crippen molar-refractivity contribution in [2.75, 3.05) is 0 Å². The van der Waals surface area contributed by atoms with E-state index in [0.29, 0.717) is 6.42 Å². The molecule has 0 spiro atoms. The molecule has 0 unspecified atom stereocenters. The zero-order valence-corrected chi connectivity index (χ0v) is 15.1. The van der Waals surface area contributed by atoms with Gasteiger partial charge in [-0.15, -0.1) is 0 Å². The summed E-state index contributed by atoms with van der Waals surface area (Å²) >= 11 is 0. The number of nitriles is 1. The Bertz CT molecular complexity index is 446. The normalized spacial score (nSPS) is 25.9. The lowest BCUT2D eigenvalue weighted by molar-refractivity contribution is -0.0811. The predicted octanol–water partition coefficient (Wildman–Crippen LogP) is 3.93. The quantitative estimate of drug-likeness (QED) is 0.792. The fourth-order valence-corrected chi connectivity index (χ4v) is 2.99. The average molecular weight is 310 g/mol. The van der Waals surface area contributed by atoms with E-state index in [1.54, 1.807) is 4.90 Å². The molecule has 1 rings (SSSR count). The highest BCUT2D eigenvalue weighted by Crippen LogP contribution is 2.39. The molecule has 0 aromatic carbocycles. The molecule has 1 fully saturated rings. The van der Waals surface area contributed by atoms with Gasteiger partial charge in [0.05, 0.1) is 18.2 Å². The molecule has 0 aromatic rings. The second-order valence-corrected chi connectivity index (χ2v) is 7.95. The molecule has 22 heavy (non-hydrogen) atoms. The molecular formula is C17H30N2O3. The molecule has 0 aliphatic carbocycles. The number of ether oxygens (including phenoxy) is 2. The van der Waals surface area contributed by atoms with Gasteiger partial charge in [-0.3, -0.25) is 4.90 Å². The van der Waals surface area contributed by atoms with Gasteiger partial charge in [-0.25, -0.2) is 4.79 Å². The highest BCUT2D eigenvalue weighted by molar-refractivity contribution is 5.70. The maximum absolute atomic E-state index is 12.7. The molecule has 0 bridgehead atoms. The van der Waals surface area contributed by atoms with E-state index in [9.17, 15) is 4.79 Å². The molecule has 5 heteroatoms. The van der Waals surface area contributed by atoms with Crippen molar-refractivity contribution >= 4 is 6.09 Å². The van der Waals surface area contributed by atoms with Crippen molar-refractivity contribution in [3.8, 4) is 6.07 Å². The highest BCUT2D eigenvalue weighted by atomic mass is 16.6. The maximum atomic E-state index is 12.7. The number of carbonyl (C=O) groups is 1. The van der Waals surface area contributed by atoms with Crippen molar-refractivity contribution in [2.24, 2.45) is 11.8 Å². The number of carbonyl (C=O) groups excluding carboxylic acids is 1. The minimum Gasteiger partial charge on any atom is -0.444 e. The number of amides is 1. The largest absolute Gasteiger partial charge is 0.444 e. The van der Waals surface area contributed by atoms with Gasteiger partial charge in [0.1, 0.15) is 11.3 Å². The second-order valence-electron chi connectivity index (χ2n) is 7.95. The van der Waals surface area contributed by atoms with E-state index in [4.69, 9.17) is 14.7 Å². The van der Waals surface area contributed by atoms with Gasteiger partial charge in [0, 0.05) is 5.92 Å². The summed E-state index contributed by atoms with van der Waals surface area (Å²) in [7, 11) is 0. The van der Waals surface area contributed by atoms with Crippen LogP contribution in [0.5, 0.6) is 0 Å². The number of hydrogen-bond acceptors (Lipinski definition) is 4. The van der Waals surface area contributed by atoms with Gasteiger partial charge in [-0.05, 0) is 53.9 Å². The molecule has 3 atom stereocenters. The van der Waals surface area contributed by atoms with E-state index < -0.39 is 11.3 Å². The minimum atomic E-state index is -0.739. The van der Waals surface area contributed by atoms with Crippen LogP contribution in [0.2, 0.25) is 0 Å². The summed E-state index contributed by atoms with van der Waals surface area (Å²) < 4.78 is 11.7. The Kier molecular flexibility index (Phi) is 5.51. The van der Waals surface area contributed by atoms with Gasteiger partial charge in [-0.1, -0.05) is 13.8 Å². The average Bonchev–Trinajstić information content (AvgIpc) is 2.57. The first kappa shape index (κ1) is 18.8. The van der Waals surface area contributed by atoms with Crippen LogP contribution in [-0.4, -0.2) is 34.5 Å². The summed E-state index contributed by atoms with van der Waals surface area (Å²) in [5.74, 6) is 0.103. The SMILES string of the molecule is CC(C)[C@H]1[C@@H](C[C@H](C)C#N)OC(C)(C)N1C(=O)OC(C)(C)C. The van der Waals surface area contributed by atoms with Gasteiger partial charge in [0.25, 0.3) is 0 Å². The summed E-state index contributed by atoms with van der Waals surface area (Å²) in [4.78, 5) is 14.4. The fraction of sp³-hybridized carbons (Fsp3) is 0.882. The Hall–Kier alpha value is -1.28. The van der Waals surface area contributed by atoms with E-state index in [0.717, 1.165) is 0 Å². The Morgan fingerprint density at radius 2 is 1.91 bits per heavy atom. The van der Waals surface area contributed by atoms with Gasteiger partial charge < -0.3 is 9.47 Å². The monoisotopic (exact) mass is 310 g/mol. The molecule has 1 heterocycles. The summed E-state index contributed by atoms with van der Waals surface area (Å²) in [6.45, 7) is 15.3. The first-order valence-corrected chi connectivity index (χ1v) is 7.99. The van der Waals surface area contributed by atoms with Gasteiger partial charge in [-0.2, -0.15) is 5.26 Å². The van der Waals surface area contributed by atoms with E-state index in [-0.39, 0.29) is 30.1 Å². The smallest absolute Gasteiger partial charge is 0.412 e. The lowest BCUT2D eigenvalue weighted by atomic mass is 9.92. The van der Waals surface area contributed by atoms with Crippen LogP contribution in [0.1, 0.15) is 61.8 Å². The third-order valence-corrected chi connectivity index (χ3v) is 3.78. The van der Waals surface area contributed by atoms with Gasteiger partial charge >= 0.3 is 6.09 Å². The van der Waals surface area contributed by atoms with Crippen molar-refractivity contribution in [1.82, 2.24) is 4.90 Å². The Labute approximate surface area is 134 Å². The van der Waals surface area contributed by atoms with Crippen molar-refractivity contribution in [1.29, 1.82) is 5.26 Å². The molecule has 0 N–H and O–H groups in total. The van der Waals surface area contributed by atoms with Gasteiger partial charge in [0.15, 0.2) is 0 Å². The van der Waals surface area contributed by atoms with Crippen LogP contribution in [0.3, 0.4) is 0 Å². The Morgan fingerprint density at radius 3 is 2.32 bits per heavy atom.